The van der Waals surface area contributed by atoms with Crippen molar-refractivity contribution in [1.82, 2.24) is 4.98 Å². The summed E-state index contributed by atoms with van der Waals surface area (Å²) in [6.07, 6.45) is -3.81. The van der Waals surface area contributed by atoms with Gasteiger partial charge >= 0.3 is 6.18 Å². The number of nitrogens with one attached hydrogen (secondary N) is 1. The molecule has 1 aromatic heterocycles. The maximum atomic E-state index is 11.8. The summed E-state index contributed by atoms with van der Waals surface area (Å²) in [6.45, 7) is 5.81. The summed E-state index contributed by atoms with van der Waals surface area (Å²) in [5.74, 6) is -0.489. The average Bonchev–Trinajstić information content (AvgIpc) is 2.73. The Morgan fingerprint density at radius 2 is 1.96 bits per heavy atom. The third-order valence-electron chi connectivity index (χ3n) is 3.61. The molecule has 3 rings (SSSR count). The van der Waals surface area contributed by atoms with Crippen LogP contribution >= 0.6 is 0 Å². The van der Waals surface area contributed by atoms with E-state index in [1.807, 2.05) is 20.8 Å². The fourth-order valence-electron chi connectivity index (χ4n) is 2.69. The van der Waals surface area contributed by atoms with Crippen molar-refractivity contribution >= 4 is 0 Å². The summed E-state index contributed by atoms with van der Waals surface area (Å²) in [5, 5.41) is 0. The molecule has 2 saturated heterocycles. The first-order valence-electron chi connectivity index (χ1n) is 7.51. The summed E-state index contributed by atoms with van der Waals surface area (Å²) < 4.78 is 52.3. The molecule has 9 heteroatoms. The number of fused-ring (bicyclic) bond motifs is 1. The highest BCUT2D eigenvalue weighted by Gasteiger charge is 2.47. The molecular weight excluding hydrogens is 329 g/mol. The predicted molar refractivity (Wildman–Crippen MR) is 79.0 cm³/mol. The zero-order valence-corrected chi connectivity index (χ0v) is 13.6. The number of nitrogens with two attached hydrogens (primary N) is 1. The number of halogens is 3. The zero-order chi connectivity index (χ0) is 18.1. The first kappa shape index (κ1) is 18.9. The van der Waals surface area contributed by atoms with Crippen LogP contribution in [-0.4, -0.2) is 35.3 Å². The molecule has 2 fully saturated rings. The number of alkyl halides is 3. The lowest BCUT2D eigenvalue weighted by atomic mass is 10.0. The second-order valence-electron chi connectivity index (χ2n) is 6.18. The van der Waals surface area contributed by atoms with Gasteiger partial charge in [0.25, 0.3) is 0 Å². The standard InChI is InChI=1S/C9H17NO3.C6H4F3NO/c1-5-8-6(4-7(10)11-5)12-9(2,3)13-8;7-6(8,9)4-2-1-3-5(11)10-4/h5-8H,4,10H2,1-3H3;1-3H,(H,10,11). The van der Waals surface area contributed by atoms with Gasteiger partial charge in [-0.15, -0.1) is 0 Å². The number of pyridine rings is 1. The molecule has 1 aromatic rings. The third-order valence-corrected chi connectivity index (χ3v) is 3.61. The van der Waals surface area contributed by atoms with Crippen molar-refractivity contribution in [3.8, 4) is 0 Å². The van der Waals surface area contributed by atoms with Crippen molar-refractivity contribution in [1.29, 1.82) is 0 Å². The van der Waals surface area contributed by atoms with E-state index in [1.165, 1.54) is 0 Å². The molecule has 0 bridgehead atoms. The second kappa shape index (κ2) is 6.83. The monoisotopic (exact) mass is 350 g/mol. The maximum absolute atomic E-state index is 11.8. The molecular formula is C15H21F3N2O4. The van der Waals surface area contributed by atoms with Gasteiger partial charge in [-0.25, -0.2) is 0 Å². The highest BCUT2D eigenvalue weighted by molar-refractivity contribution is 5.06. The molecule has 4 unspecified atom stereocenters. The van der Waals surface area contributed by atoms with E-state index in [2.05, 4.69) is 0 Å². The second-order valence-corrected chi connectivity index (χ2v) is 6.18. The summed E-state index contributed by atoms with van der Waals surface area (Å²) in [7, 11) is 0. The number of aromatic nitrogens is 1. The Hall–Kier alpha value is -1.42. The first-order valence-corrected chi connectivity index (χ1v) is 7.51. The minimum absolute atomic E-state index is 0.0236. The van der Waals surface area contributed by atoms with Crippen LogP contribution < -0.4 is 11.3 Å². The zero-order valence-electron chi connectivity index (χ0n) is 13.6. The van der Waals surface area contributed by atoms with Crippen LogP contribution in [0.1, 0.15) is 32.9 Å². The fourth-order valence-corrected chi connectivity index (χ4v) is 2.69. The Morgan fingerprint density at radius 3 is 2.50 bits per heavy atom. The van der Waals surface area contributed by atoms with E-state index < -0.39 is 23.2 Å². The van der Waals surface area contributed by atoms with Gasteiger partial charge in [-0.3, -0.25) is 4.79 Å². The molecule has 0 aliphatic carbocycles. The van der Waals surface area contributed by atoms with Crippen molar-refractivity contribution in [3.63, 3.8) is 0 Å². The number of hydrogen-bond donors (Lipinski definition) is 2. The van der Waals surface area contributed by atoms with Crippen molar-refractivity contribution in [2.24, 2.45) is 5.73 Å². The smallest absolute Gasteiger partial charge is 0.358 e. The van der Waals surface area contributed by atoms with Crippen molar-refractivity contribution in [2.45, 2.75) is 63.7 Å². The van der Waals surface area contributed by atoms with Crippen LogP contribution in [0, 0.1) is 0 Å². The molecule has 24 heavy (non-hydrogen) atoms. The Labute approximate surface area is 137 Å². The molecule has 0 aromatic carbocycles. The summed E-state index contributed by atoms with van der Waals surface area (Å²) >= 11 is 0. The molecule has 136 valence electrons. The molecule has 2 aliphatic rings. The van der Waals surface area contributed by atoms with Gasteiger partial charge in [-0.05, 0) is 26.8 Å². The Kier molecular flexibility index (Phi) is 5.38. The Balaban J connectivity index is 0.000000177. The van der Waals surface area contributed by atoms with Crippen LogP contribution in [0.15, 0.2) is 23.0 Å². The van der Waals surface area contributed by atoms with E-state index >= 15 is 0 Å². The first-order chi connectivity index (χ1) is 11.0. The quantitative estimate of drug-likeness (QED) is 0.747. The number of hydrogen-bond acceptors (Lipinski definition) is 5. The number of rotatable bonds is 0. The van der Waals surface area contributed by atoms with Crippen LogP contribution in [-0.2, 0) is 20.4 Å². The van der Waals surface area contributed by atoms with E-state index in [9.17, 15) is 18.0 Å². The van der Waals surface area contributed by atoms with Gasteiger partial charge in [-0.1, -0.05) is 6.07 Å². The third kappa shape index (κ3) is 4.79. The van der Waals surface area contributed by atoms with E-state index in [1.54, 1.807) is 4.98 Å². The summed E-state index contributed by atoms with van der Waals surface area (Å²) in [4.78, 5) is 12.0. The van der Waals surface area contributed by atoms with Crippen LogP contribution in [0.5, 0.6) is 0 Å². The molecule has 0 spiro atoms. The molecule has 0 saturated carbocycles. The van der Waals surface area contributed by atoms with Gasteiger partial charge in [0.15, 0.2) is 5.79 Å². The molecule has 0 amide bonds. The van der Waals surface area contributed by atoms with Crippen molar-refractivity contribution in [3.05, 3.63) is 34.2 Å². The van der Waals surface area contributed by atoms with Crippen LogP contribution in [0.3, 0.4) is 0 Å². The van der Waals surface area contributed by atoms with E-state index in [-0.39, 0.29) is 24.5 Å². The fraction of sp³-hybridized carbons (Fsp3) is 0.667. The molecule has 4 atom stereocenters. The Bertz CT molecular complexity index is 617. The average molecular weight is 350 g/mol. The lowest BCUT2D eigenvalue weighted by molar-refractivity contribution is -0.155. The van der Waals surface area contributed by atoms with Gasteiger partial charge in [0.1, 0.15) is 18.0 Å². The molecule has 3 heterocycles. The Morgan fingerprint density at radius 1 is 1.29 bits per heavy atom. The van der Waals surface area contributed by atoms with Gasteiger partial charge in [0.05, 0.1) is 12.2 Å². The maximum Gasteiger partial charge on any atom is 0.431 e. The minimum Gasteiger partial charge on any atom is -0.358 e. The van der Waals surface area contributed by atoms with Crippen LogP contribution in [0.4, 0.5) is 13.2 Å². The van der Waals surface area contributed by atoms with Gasteiger partial charge in [0, 0.05) is 12.5 Å². The van der Waals surface area contributed by atoms with Gasteiger partial charge in [0.2, 0.25) is 5.56 Å². The number of H-pyrrole nitrogens is 1. The predicted octanol–water partition coefficient (Wildman–Crippen LogP) is 1.99. The topological polar surface area (TPSA) is 86.6 Å². The van der Waals surface area contributed by atoms with Gasteiger partial charge in [-0.2, -0.15) is 13.2 Å². The van der Waals surface area contributed by atoms with E-state index in [0.717, 1.165) is 24.6 Å². The van der Waals surface area contributed by atoms with Crippen molar-refractivity contribution in [2.75, 3.05) is 0 Å². The van der Waals surface area contributed by atoms with Crippen molar-refractivity contribution < 1.29 is 27.4 Å². The van der Waals surface area contributed by atoms with E-state index in [0.29, 0.717) is 0 Å². The summed E-state index contributed by atoms with van der Waals surface area (Å²) in [5.41, 5.74) is 3.94. The number of ether oxygens (including phenoxy) is 3. The molecule has 3 N–H and O–H groups in total. The molecule has 6 nitrogen and oxygen atoms in total. The normalized spacial score (nSPS) is 31.8. The SMILES string of the molecule is CC1OC(N)CC2OC(C)(C)OC12.O=c1cccc(C(F)(F)F)[nH]1. The molecule has 0 radical (unpaired) electrons. The van der Waals surface area contributed by atoms with E-state index in [4.69, 9.17) is 19.9 Å². The van der Waals surface area contributed by atoms with Gasteiger partial charge < -0.3 is 24.9 Å². The minimum atomic E-state index is -4.47. The lowest BCUT2D eigenvalue weighted by Crippen LogP contribution is -2.48. The largest absolute Gasteiger partial charge is 0.431 e. The highest BCUT2D eigenvalue weighted by atomic mass is 19.4. The number of aromatic amines is 1. The lowest BCUT2D eigenvalue weighted by Gasteiger charge is -2.32. The van der Waals surface area contributed by atoms with Crippen LogP contribution in [0.2, 0.25) is 0 Å². The summed E-state index contributed by atoms with van der Waals surface area (Å²) in [6, 6.07) is 2.89. The molecule has 2 aliphatic heterocycles. The van der Waals surface area contributed by atoms with Crippen LogP contribution in [0.25, 0.3) is 0 Å². The highest BCUT2D eigenvalue weighted by Crippen LogP contribution is 2.35.